The smallest absolute Gasteiger partial charge is 0.220 e. The second-order valence-corrected chi connectivity index (χ2v) is 3.39. The van der Waals surface area contributed by atoms with Crippen LogP contribution >= 0.6 is 0 Å². The number of hydrogen-bond donors (Lipinski definition) is 1. The first-order valence-corrected chi connectivity index (χ1v) is 5.78. The van der Waals surface area contributed by atoms with Crippen molar-refractivity contribution in [2.45, 2.75) is 53.4 Å². The number of hydrogen-bond acceptors (Lipinski definition) is 3. The Morgan fingerprint density at radius 3 is 1.88 bits per heavy atom. The first-order valence-electron chi connectivity index (χ1n) is 5.78. The largest absolute Gasteiger partial charge is 0.349 e. The van der Waals surface area contributed by atoms with Gasteiger partial charge in [0.1, 0.15) is 11.6 Å². The molecule has 1 N–H and O–H groups in total. The number of Topliss-reactive ketones (excluding diaryl/α,β-unsaturated/α-hetero) is 2. The Labute approximate surface area is 99.3 Å². The Hall–Kier alpha value is -1.19. The van der Waals surface area contributed by atoms with Crippen molar-refractivity contribution in [1.82, 2.24) is 5.32 Å². The van der Waals surface area contributed by atoms with Gasteiger partial charge in [0, 0.05) is 14.3 Å². The SMILES string of the molecule is CC.CC(=O)CCCCC(=O)NCC(C)=O.[HH]. The average molecular weight is 231 g/mol. The van der Waals surface area contributed by atoms with Crippen LogP contribution in [0.3, 0.4) is 0 Å². The highest BCUT2D eigenvalue weighted by Gasteiger charge is 2.02. The lowest BCUT2D eigenvalue weighted by Crippen LogP contribution is -2.27. The summed E-state index contributed by atoms with van der Waals surface area (Å²) in [6.07, 6.45) is 2.35. The van der Waals surface area contributed by atoms with Crippen LogP contribution in [0.2, 0.25) is 0 Å². The second kappa shape index (κ2) is 11.9. The molecule has 16 heavy (non-hydrogen) atoms. The van der Waals surface area contributed by atoms with Gasteiger partial charge in [0.25, 0.3) is 0 Å². The molecule has 0 aliphatic heterocycles. The Morgan fingerprint density at radius 1 is 0.938 bits per heavy atom. The van der Waals surface area contributed by atoms with Crippen molar-refractivity contribution in [3.05, 3.63) is 0 Å². The minimum atomic E-state index is -0.122. The summed E-state index contributed by atoms with van der Waals surface area (Å²) in [5.41, 5.74) is 0. The van der Waals surface area contributed by atoms with Crippen LogP contribution in [0.25, 0.3) is 0 Å². The standard InChI is InChI=1S/C10H17NO3.C2H6.H2/c1-8(12)5-3-4-6-10(14)11-7-9(2)13;1-2;/h3-7H2,1-2H3,(H,11,14);1-2H3;1H. The summed E-state index contributed by atoms with van der Waals surface area (Å²) in [6.45, 7) is 7.07. The molecule has 0 saturated carbocycles. The summed E-state index contributed by atoms with van der Waals surface area (Å²) in [4.78, 5) is 32.1. The molecule has 0 saturated heterocycles. The molecule has 0 fully saturated rings. The predicted molar refractivity (Wildman–Crippen MR) is 66.3 cm³/mol. The number of carbonyl (C=O) groups excluding carboxylic acids is 3. The van der Waals surface area contributed by atoms with Crippen molar-refractivity contribution in [2.75, 3.05) is 6.54 Å². The van der Waals surface area contributed by atoms with Gasteiger partial charge < -0.3 is 10.1 Å². The Morgan fingerprint density at radius 2 is 1.44 bits per heavy atom. The van der Waals surface area contributed by atoms with Gasteiger partial charge in [0.2, 0.25) is 5.91 Å². The summed E-state index contributed by atoms with van der Waals surface area (Å²) >= 11 is 0. The summed E-state index contributed by atoms with van der Waals surface area (Å²) in [7, 11) is 0. The third-order valence-electron chi connectivity index (χ3n) is 1.72. The Kier molecular flexibility index (Phi) is 12.8. The quantitative estimate of drug-likeness (QED) is 0.682. The molecule has 0 heterocycles. The topological polar surface area (TPSA) is 63.2 Å². The fraction of sp³-hybridized carbons (Fsp3) is 0.750. The van der Waals surface area contributed by atoms with Gasteiger partial charge in [0.05, 0.1) is 6.54 Å². The minimum absolute atomic E-state index is 0. The van der Waals surface area contributed by atoms with Gasteiger partial charge in [-0.05, 0) is 26.7 Å². The van der Waals surface area contributed by atoms with Crippen molar-refractivity contribution >= 4 is 17.5 Å². The van der Waals surface area contributed by atoms with Crippen molar-refractivity contribution in [3.63, 3.8) is 0 Å². The third-order valence-corrected chi connectivity index (χ3v) is 1.72. The van der Waals surface area contributed by atoms with E-state index in [2.05, 4.69) is 5.32 Å². The number of carbonyl (C=O) groups is 3. The van der Waals surface area contributed by atoms with Crippen molar-refractivity contribution in [1.29, 1.82) is 0 Å². The van der Waals surface area contributed by atoms with Gasteiger partial charge in [-0.3, -0.25) is 9.59 Å². The second-order valence-electron chi connectivity index (χ2n) is 3.39. The number of amides is 1. The van der Waals surface area contributed by atoms with Gasteiger partial charge in [-0.1, -0.05) is 13.8 Å². The third kappa shape index (κ3) is 15.3. The number of nitrogens with one attached hydrogen (secondary N) is 1. The maximum atomic E-state index is 11.0. The van der Waals surface area contributed by atoms with Crippen LogP contribution in [0, 0.1) is 0 Å². The summed E-state index contributed by atoms with van der Waals surface area (Å²) in [5.74, 6) is -0.0278. The highest BCUT2D eigenvalue weighted by molar-refractivity contribution is 5.84. The lowest BCUT2D eigenvalue weighted by molar-refractivity contribution is -0.124. The van der Waals surface area contributed by atoms with Gasteiger partial charge in [0.15, 0.2) is 0 Å². The summed E-state index contributed by atoms with van der Waals surface area (Å²) in [5, 5.41) is 2.50. The van der Waals surface area contributed by atoms with Crippen LogP contribution in [0.1, 0.15) is 54.8 Å². The molecule has 0 spiro atoms. The molecule has 96 valence electrons. The van der Waals surface area contributed by atoms with Crippen LogP contribution in [-0.2, 0) is 14.4 Å². The molecule has 0 unspecified atom stereocenters. The average Bonchev–Trinajstić information content (AvgIpc) is 2.24. The van der Waals surface area contributed by atoms with E-state index in [1.54, 1.807) is 0 Å². The molecular weight excluding hydrogens is 206 g/mol. The zero-order valence-electron chi connectivity index (χ0n) is 10.8. The maximum absolute atomic E-state index is 11.0. The summed E-state index contributed by atoms with van der Waals surface area (Å²) < 4.78 is 0. The van der Waals surface area contributed by atoms with Crippen LogP contribution < -0.4 is 5.32 Å². The first kappa shape index (κ1) is 17.2. The molecule has 0 bridgehead atoms. The first-order chi connectivity index (χ1) is 7.52. The molecule has 0 aromatic carbocycles. The highest BCUT2D eigenvalue weighted by Crippen LogP contribution is 1.99. The molecule has 0 atom stereocenters. The maximum Gasteiger partial charge on any atom is 0.220 e. The molecule has 0 rings (SSSR count). The predicted octanol–water partition coefficient (Wildman–Crippen LogP) is 2.11. The van der Waals surface area contributed by atoms with E-state index >= 15 is 0 Å². The van der Waals surface area contributed by atoms with Crippen LogP contribution in [0.5, 0.6) is 0 Å². The molecule has 0 aromatic heterocycles. The lowest BCUT2D eigenvalue weighted by atomic mass is 10.1. The Balaban J connectivity index is -0.000000616. The molecule has 4 nitrogen and oxygen atoms in total. The molecule has 4 heteroatoms. The fourth-order valence-electron chi connectivity index (χ4n) is 0.971. The summed E-state index contributed by atoms with van der Waals surface area (Å²) in [6, 6.07) is 0. The van der Waals surface area contributed by atoms with E-state index in [9.17, 15) is 14.4 Å². The Bertz CT molecular complexity index is 230. The molecule has 0 radical (unpaired) electrons. The zero-order chi connectivity index (χ0) is 13.0. The van der Waals surface area contributed by atoms with Gasteiger partial charge in [-0.25, -0.2) is 0 Å². The van der Waals surface area contributed by atoms with Crippen LogP contribution in [0.4, 0.5) is 0 Å². The fourth-order valence-corrected chi connectivity index (χ4v) is 0.971. The molecule has 0 aliphatic carbocycles. The molecule has 0 aromatic rings. The monoisotopic (exact) mass is 231 g/mol. The van der Waals surface area contributed by atoms with Gasteiger partial charge >= 0.3 is 0 Å². The minimum Gasteiger partial charge on any atom is -0.349 e. The number of rotatable bonds is 7. The number of unbranched alkanes of at least 4 members (excludes halogenated alkanes) is 1. The van der Waals surface area contributed by atoms with Gasteiger partial charge in [-0.15, -0.1) is 0 Å². The van der Waals surface area contributed by atoms with Crippen LogP contribution in [-0.4, -0.2) is 24.0 Å². The normalized spacial score (nSPS) is 8.75. The molecule has 0 aliphatic rings. The van der Waals surface area contributed by atoms with E-state index in [0.29, 0.717) is 19.3 Å². The van der Waals surface area contributed by atoms with Crippen LogP contribution in [0.15, 0.2) is 0 Å². The van der Waals surface area contributed by atoms with Crippen molar-refractivity contribution in [3.8, 4) is 0 Å². The van der Waals surface area contributed by atoms with E-state index in [1.165, 1.54) is 13.8 Å². The lowest BCUT2D eigenvalue weighted by Gasteiger charge is -2.01. The zero-order valence-corrected chi connectivity index (χ0v) is 10.8. The molecular formula is C12H25NO3. The van der Waals surface area contributed by atoms with E-state index in [0.717, 1.165) is 6.42 Å². The van der Waals surface area contributed by atoms with E-state index in [1.807, 2.05) is 13.8 Å². The van der Waals surface area contributed by atoms with Crippen molar-refractivity contribution < 1.29 is 15.8 Å². The van der Waals surface area contributed by atoms with E-state index in [4.69, 9.17) is 0 Å². The molecule has 1 amide bonds. The van der Waals surface area contributed by atoms with Crippen molar-refractivity contribution in [2.24, 2.45) is 0 Å². The number of ketones is 2. The van der Waals surface area contributed by atoms with E-state index in [-0.39, 0.29) is 25.4 Å². The van der Waals surface area contributed by atoms with Gasteiger partial charge in [-0.2, -0.15) is 0 Å². The van der Waals surface area contributed by atoms with E-state index < -0.39 is 0 Å². The highest BCUT2D eigenvalue weighted by atomic mass is 16.2.